The second kappa shape index (κ2) is 6.14. The monoisotopic (exact) mass is 282 g/mol. The Kier molecular flexibility index (Phi) is 4.52. The topological polar surface area (TPSA) is 79.3 Å². The Hall–Kier alpha value is -1.43. The molecule has 3 atom stereocenters. The smallest absolute Gasteiger partial charge is 0.306 e. The van der Waals surface area contributed by atoms with E-state index in [2.05, 4.69) is 10.3 Å². The molecule has 3 unspecified atom stereocenters. The number of rotatable bonds is 5. The lowest BCUT2D eigenvalue weighted by Gasteiger charge is -2.17. The molecule has 1 aliphatic carbocycles. The van der Waals surface area contributed by atoms with Gasteiger partial charge in [0.1, 0.15) is 5.01 Å². The van der Waals surface area contributed by atoms with E-state index < -0.39 is 5.97 Å². The van der Waals surface area contributed by atoms with Crippen LogP contribution in [0.5, 0.6) is 0 Å². The van der Waals surface area contributed by atoms with Crippen molar-refractivity contribution in [2.24, 2.45) is 11.8 Å². The van der Waals surface area contributed by atoms with Gasteiger partial charge in [-0.05, 0) is 25.7 Å². The number of aliphatic carboxylic acids is 1. The molecule has 104 valence electrons. The van der Waals surface area contributed by atoms with E-state index in [0.29, 0.717) is 19.3 Å². The first-order valence-electron chi connectivity index (χ1n) is 6.54. The van der Waals surface area contributed by atoms with Crippen LogP contribution in [0.15, 0.2) is 11.6 Å². The van der Waals surface area contributed by atoms with E-state index in [1.54, 1.807) is 6.20 Å². The van der Waals surface area contributed by atoms with Gasteiger partial charge < -0.3 is 10.4 Å². The van der Waals surface area contributed by atoms with Gasteiger partial charge in [0.05, 0.1) is 12.0 Å². The molecule has 2 N–H and O–H groups in total. The van der Waals surface area contributed by atoms with Crippen molar-refractivity contribution in [2.75, 3.05) is 0 Å². The molecule has 0 aliphatic heterocycles. The maximum Gasteiger partial charge on any atom is 0.306 e. The maximum absolute atomic E-state index is 12.2. The molecule has 0 bridgehead atoms. The molecule has 1 saturated carbocycles. The highest BCUT2D eigenvalue weighted by Crippen LogP contribution is 2.32. The maximum atomic E-state index is 12.2. The predicted octanol–water partition coefficient (Wildman–Crippen LogP) is 2.21. The number of thiazole rings is 1. The molecule has 1 aromatic rings. The van der Waals surface area contributed by atoms with Crippen LogP contribution in [0.1, 0.15) is 43.7 Å². The summed E-state index contributed by atoms with van der Waals surface area (Å²) in [5.41, 5.74) is 0. The molecule has 1 amide bonds. The summed E-state index contributed by atoms with van der Waals surface area (Å²) in [6.07, 6.45) is 4.23. The molecule has 0 aromatic carbocycles. The summed E-state index contributed by atoms with van der Waals surface area (Å²) in [7, 11) is 0. The van der Waals surface area contributed by atoms with E-state index in [1.165, 1.54) is 11.3 Å². The van der Waals surface area contributed by atoms with E-state index in [9.17, 15) is 9.59 Å². The molecular weight excluding hydrogens is 264 g/mol. The molecule has 5 nitrogen and oxygen atoms in total. The van der Waals surface area contributed by atoms with Crippen LogP contribution in [0, 0.1) is 11.8 Å². The van der Waals surface area contributed by atoms with E-state index in [4.69, 9.17) is 5.11 Å². The summed E-state index contributed by atoms with van der Waals surface area (Å²) in [6, 6.07) is -0.0589. The standard InChI is InChI=1S/C13H18N2O3S/c1-2-10(12-14-5-6-19-12)15-11(16)8-3-4-9(7-8)13(17)18/h5-6,8-10H,2-4,7H2,1H3,(H,15,16)(H,17,18). The van der Waals surface area contributed by atoms with Gasteiger partial charge in [0.25, 0.3) is 0 Å². The van der Waals surface area contributed by atoms with Gasteiger partial charge in [-0.15, -0.1) is 11.3 Å². The van der Waals surface area contributed by atoms with Gasteiger partial charge in [0.15, 0.2) is 0 Å². The Morgan fingerprint density at radius 3 is 2.79 bits per heavy atom. The van der Waals surface area contributed by atoms with Crippen LogP contribution in [-0.2, 0) is 9.59 Å². The predicted molar refractivity (Wildman–Crippen MR) is 71.8 cm³/mol. The van der Waals surface area contributed by atoms with Crippen molar-refractivity contribution in [2.45, 2.75) is 38.6 Å². The Balaban J connectivity index is 1.92. The third kappa shape index (κ3) is 3.32. The Labute approximate surface area is 116 Å². The van der Waals surface area contributed by atoms with Crippen LogP contribution < -0.4 is 5.32 Å². The Morgan fingerprint density at radius 1 is 1.53 bits per heavy atom. The van der Waals surface area contributed by atoms with Gasteiger partial charge in [0, 0.05) is 17.5 Å². The van der Waals surface area contributed by atoms with Gasteiger partial charge in [0.2, 0.25) is 5.91 Å². The Bertz CT molecular complexity index is 447. The molecule has 1 fully saturated rings. The van der Waals surface area contributed by atoms with Crippen LogP contribution >= 0.6 is 11.3 Å². The van der Waals surface area contributed by atoms with E-state index in [1.807, 2.05) is 12.3 Å². The largest absolute Gasteiger partial charge is 0.481 e. The zero-order valence-corrected chi connectivity index (χ0v) is 11.7. The van der Waals surface area contributed by atoms with E-state index in [0.717, 1.165) is 11.4 Å². The fourth-order valence-electron chi connectivity index (χ4n) is 2.48. The number of carboxylic acids is 1. The summed E-state index contributed by atoms with van der Waals surface area (Å²) in [4.78, 5) is 27.3. The molecule has 0 radical (unpaired) electrons. The van der Waals surface area contributed by atoms with E-state index in [-0.39, 0.29) is 23.8 Å². The fourth-order valence-corrected chi connectivity index (χ4v) is 3.25. The van der Waals surface area contributed by atoms with Crippen LogP contribution in [0.4, 0.5) is 0 Å². The number of amides is 1. The highest BCUT2D eigenvalue weighted by Gasteiger charge is 2.34. The van der Waals surface area contributed by atoms with Gasteiger partial charge in [-0.1, -0.05) is 6.92 Å². The summed E-state index contributed by atoms with van der Waals surface area (Å²) in [5, 5.41) is 14.7. The average molecular weight is 282 g/mol. The molecule has 2 rings (SSSR count). The van der Waals surface area contributed by atoms with Crippen LogP contribution in [0.3, 0.4) is 0 Å². The second-order valence-corrected chi connectivity index (χ2v) is 5.81. The minimum atomic E-state index is -0.790. The van der Waals surface area contributed by atoms with Crippen LogP contribution in [0.2, 0.25) is 0 Å². The quantitative estimate of drug-likeness (QED) is 0.867. The number of nitrogens with one attached hydrogen (secondary N) is 1. The first-order valence-corrected chi connectivity index (χ1v) is 7.42. The number of carbonyl (C=O) groups is 2. The third-order valence-electron chi connectivity index (χ3n) is 3.63. The minimum absolute atomic E-state index is 0.0363. The fraction of sp³-hybridized carbons (Fsp3) is 0.615. The van der Waals surface area contributed by atoms with Crippen LogP contribution in [0.25, 0.3) is 0 Å². The van der Waals surface area contributed by atoms with E-state index >= 15 is 0 Å². The van der Waals surface area contributed by atoms with Gasteiger partial charge in [-0.25, -0.2) is 4.98 Å². The first-order chi connectivity index (χ1) is 9.11. The highest BCUT2D eigenvalue weighted by molar-refractivity contribution is 7.09. The molecule has 1 heterocycles. The SMILES string of the molecule is CCC(NC(=O)C1CCC(C(=O)O)C1)c1nccs1. The average Bonchev–Trinajstić information content (AvgIpc) is 3.05. The molecule has 1 aliphatic rings. The molecule has 1 aromatic heterocycles. The van der Waals surface area contributed by atoms with Crippen molar-refractivity contribution in [1.29, 1.82) is 0 Å². The van der Waals surface area contributed by atoms with Gasteiger partial charge in [-0.3, -0.25) is 9.59 Å². The van der Waals surface area contributed by atoms with Gasteiger partial charge >= 0.3 is 5.97 Å². The van der Waals surface area contributed by atoms with Crippen molar-refractivity contribution < 1.29 is 14.7 Å². The van der Waals surface area contributed by atoms with Crippen LogP contribution in [-0.4, -0.2) is 22.0 Å². The van der Waals surface area contributed by atoms with Gasteiger partial charge in [-0.2, -0.15) is 0 Å². The number of nitrogens with zero attached hydrogens (tertiary/aromatic N) is 1. The van der Waals surface area contributed by atoms with Crippen molar-refractivity contribution in [3.8, 4) is 0 Å². The number of aromatic nitrogens is 1. The number of carboxylic acid groups (broad SMARTS) is 1. The molecule has 6 heteroatoms. The summed E-state index contributed by atoms with van der Waals surface area (Å²) < 4.78 is 0. The number of hydrogen-bond donors (Lipinski definition) is 2. The molecule has 0 saturated heterocycles. The molecule has 19 heavy (non-hydrogen) atoms. The lowest BCUT2D eigenvalue weighted by Crippen LogP contribution is -2.33. The lowest BCUT2D eigenvalue weighted by atomic mass is 10.0. The van der Waals surface area contributed by atoms with Crippen molar-refractivity contribution >= 4 is 23.2 Å². The second-order valence-electron chi connectivity index (χ2n) is 4.88. The van der Waals surface area contributed by atoms with Crippen molar-refractivity contribution in [3.63, 3.8) is 0 Å². The summed E-state index contributed by atoms with van der Waals surface area (Å²) >= 11 is 1.53. The normalized spacial score (nSPS) is 24.1. The zero-order chi connectivity index (χ0) is 13.8. The molecule has 0 spiro atoms. The number of hydrogen-bond acceptors (Lipinski definition) is 4. The van der Waals surface area contributed by atoms with Crippen molar-refractivity contribution in [1.82, 2.24) is 10.3 Å². The van der Waals surface area contributed by atoms with Crippen molar-refractivity contribution in [3.05, 3.63) is 16.6 Å². The summed E-state index contributed by atoms with van der Waals surface area (Å²) in [6.45, 7) is 2.00. The number of carbonyl (C=O) groups excluding carboxylic acids is 1. The minimum Gasteiger partial charge on any atom is -0.481 e. The Morgan fingerprint density at radius 2 is 2.26 bits per heavy atom. The molecular formula is C13H18N2O3S. The highest BCUT2D eigenvalue weighted by atomic mass is 32.1. The zero-order valence-electron chi connectivity index (χ0n) is 10.8. The first kappa shape index (κ1) is 14.0. The third-order valence-corrected chi connectivity index (χ3v) is 4.52. The lowest BCUT2D eigenvalue weighted by molar-refractivity contribution is -0.141. The summed E-state index contributed by atoms with van der Waals surface area (Å²) in [5.74, 6) is -1.36.